The van der Waals surface area contributed by atoms with Crippen LogP contribution < -0.4 is 4.90 Å². The van der Waals surface area contributed by atoms with Crippen LogP contribution in [0.4, 0.5) is 5.69 Å². The minimum Gasteiger partial charge on any atom is -0.477 e. The third-order valence-corrected chi connectivity index (χ3v) is 4.73. The number of para-hydroxylation sites is 1. The van der Waals surface area contributed by atoms with Crippen molar-refractivity contribution in [3.05, 3.63) is 45.9 Å². The molecule has 0 radical (unpaired) electrons. The van der Waals surface area contributed by atoms with E-state index in [1.54, 1.807) is 0 Å². The van der Waals surface area contributed by atoms with Gasteiger partial charge in [0.1, 0.15) is 9.88 Å². The highest BCUT2D eigenvalue weighted by Crippen LogP contribution is 2.42. The van der Waals surface area contributed by atoms with Gasteiger partial charge in [0.05, 0.1) is 12.2 Å². The Morgan fingerprint density at radius 1 is 1.38 bits per heavy atom. The lowest BCUT2D eigenvalue weighted by molar-refractivity contribution is 0.0700. The zero-order valence-corrected chi connectivity index (χ0v) is 12.8. The number of carboxylic acids is 1. The molecule has 4 nitrogen and oxygen atoms in total. The van der Waals surface area contributed by atoms with Crippen molar-refractivity contribution in [2.45, 2.75) is 32.2 Å². The Labute approximate surface area is 128 Å². The zero-order chi connectivity index (χ0) is 14.8. The number of hydrogen-bond donors (Lipinski definition) is 1. The molecule has 21 heavy (non-hydrogen) atoms. The molecular weight excluding hydrogens is 284 g/mol. The quantitative estimate of drug-likeness (QED) is 0.883. The van der Waals surface area contributed by atoms with Crippen molar-refractivity contribution in [1.29, 1.82) is 0 Å². The van der Waals surface area contributed by atoms with E-state index in [1.807, 2.05) is 18.2 Å². The Kier molecular flexibility index (Phi) is 3.92. The number of nitrogens with zero attached hydrogens (tertiary/aromatic N) is 2. The molecule has 0 bridgehead atoms. The fourth-order valence-corrected chi connectivity index (χ4v) is 3.42. The number of aromatic carboxylic acids is 1. The van der Waals surface area contributed by atoms with Crippen molar-refractivity contribution >= 4 is 23.0 Å². The highest BCUT2D eigenvalue weighted by molar-refractivity contribution is 7.13. The highest BCUT2D eigenvalue weighted by Gasteiger charge is 2.32. The van der Waals surface area contributed by atoms with E-state index in [9.17, 15) is 9.90 Å². The number of rotatable bonds is 6. The first-order valence-electron chi connectivity index (χ1n) is 7.22. The van der Waals surface area contributed by atoms with Crippen LogP contribution >= 0.6 is 11.3 Å². The molecule has 1 saturated carbocycles. The second kappa shape index (κ2) is 5.85. The minimum atomic E-state index is -0.844. The molecule has 0 amide bonds. The number of anilines is 1. The third-order valence-electron chi connectivity index (χ3n) is 3.69. The average Bonchev–Trinajstić information content (AvgIpc) is 3.25. The van der Waals surface area contributed by atoms with E-state index in [1.165, 1.54) is 11.3 Å². The third kappa shape index (κ3) is 3.08. The van der Waals surface area contributed by atoms with E-state index in [2.05, 4.69) is 28.9 Å². The van der Waals surface area contributed by atoms with E-state index in [0.717, 1.165) is 35.8 Å². The van der Waals surface area contributed by atoms with Crippen molar-refractivity contribution in [1.82, 2.24) is 4.98 Å². The van der Waals surface area contributed by atoms with E-state index in [0.29, 0.717) is 17.3 Å². The van der Waals surface area contributed by atoms with Crippen LogP contribution in [0, 0.1) is 0 Å². The fraction of sp³-hybridized carbons (Fsp3) is 0.375. The van der Waals surface area contributed by atoms with Crippen molar-refractivity contribution in [3.8, 4) is 0 Å². The topological polar surface area (TPSA) is 53.4 Å². The van der Waals surface area contributed by atoms with Crippen LogP contribution in [0.15, 0.2) is 30.3 Å². The predicted octanol–water partition coefficient (Wildman–Crippen LogP) is 3.75. The molecular formula is C16H18N2O2S. The molecule has 1 fully saturated rings. The van der Waals surface area contributed by atoms with E-state index in [-0.39, 0.29) is 0 Å². The molecule has 3 rings (SSSR count). The lowest BCUT2D eigenvalue weighted by Crippen LogP contribution is -2.21. The standard InChI is InChI=1S/C16H18N2O2S/c1-2-18(12-6-4-3-5-7-12)10-13-17-14(11-8-9-11)15(21-13)16(19)20/h3-7,11H,2,8-10H2,1H3,(H,19,20). The summed E-state index contributed by atoms with van der Waals surface area (Å²) in [6.07, 6.45) is 2.14. The summed E-state index contributed by atoms with van der Waals surface area (Å²) in [4.78, 5) is 18.6. The first kappa shape index (κ1) is 14.1. The van der Waals surface area contributed by atoms with Gasteiger partial charge in [0.15, 0.2) is 0 Å². The minimum absolute atomic E-state index is 0.368. The van der Waals surface area contributed by atoms with Crippen LogP contribution in [-0.4, -0.2) is 22.6 Å². The summed E-state index contributed by atoms with van der Waals surface area (Å²) >= 11 is 1.32. The van der Waals surface area contributed by atoms with Crippen LogP contribution in [0.1, 0.15) is 46.1 Å². The van der Waals surface area contributed by atoms with Gasteiger partial charge >= 0.3 is 5.97 Å². The number of thiazole rings is 1. The van der Waals surface area contributed by atoms with Gasteiger partial charge < -0.3 is 10.0 Å². The fourth-order valence-electron chi connectivity index (χ4n) is 2.42. The average molecular weight is 302 g/mol. The molecule has 110 valence electrons. The molecule has 1 aliphatic carbocycles. The molecule has 0 atom stereocenters. The number of aromatic nitrogens is 1. The number of hydrogen-bond acceptors (Lipinski definition) is 4. The molecule has 1 heterocycles. The lowest BCUT2D eigenvalue weighted by Gasteiger charge is -2.21. The molecule has 1 aromatic carbocycles. The Hall–Kier alpha value is -1.88. The maximum Gasteiger partial charge on any atom is 0.347 e. The van der Waals surface area contributed by atoms with Crippen molar-refractivity contribution in [2.24, 2.45) is 0 Å². The van der Waals surface area contributed by atoms with Gasteiger partial charge in [-0.05, 0) is 31.9 Å². The Morgan fingerprint density at radius 2 is 2.10 bits per heavy atom. The summed E-state index contributed by atoms with van der Waals surface area (Å²) in [6, 6.07) is 10.2. The molecule has 0 spiro atoms. The van der Waals surface area contributed by atoms with Gasteiger partial charge in [0, 0.05) is 18.2 Å². The van der Waals surface area contributed by atoms with Crippen molar-refractivity contribution in [3.63, 3.8) is 0 Å². The first-order chi connectivity index (χ1) is 10.2. The number of carbonyl (C=O) groups is 1. The largest absolute Gasteiger partial charge is 0.477 e. The second-order valence-electron chi connectivity index (χ2n) is 5.25. The maximum absolute atomic E-state index is 11.3. The molecule has 1 N–H and O–H groups in total. The summed E-state index contributed by atoms with van der Waals surface area (Å²) in [7, 11) is 0. The second-order valence-corrected chi connectivity index (χ2v) is 6.33. The first-order valence-corrected chi connectivity index (χ1v) is 8.03. The van der Waals surface area contributed by atoms with Crippen LogP contribution in [0.5, 0.6) is 0 Å². The maximum atomic E-state index is 11.3. The summed E-state index contributed by atoms with van der Waals surface area (Å²) < 4.78 is 0. The lowest BCUT2D eigenvalue weighted by atomic mass is 10.2. The molecule has 2 aromatic rings. The predicted molar refractivity (Wildman–Crippen MR) is 84.2 cm³/mol. The van der Waals surface area contributed by atoms with E-state index >= 15 is 0 Å². The van der Waals surface area contributed by atoms with Crippen LogP contribution in [-0.2, 0) is 6.54 Å². The van der Waals surface area contributed by atoms with Crippen molar-refractivity contribution < 1.29 is 9.90 Å². The van der Waals surface area contributed by atoms with Crippen LogP contribution in [0.3, 0.4) is 0 Å². The molecule has 1 aliphatic rings. The number of benzene rings is 1. The van der Waals surface area contributed by atoms with E-state index in [4.69, 9.17) is 0 Å². The summed E-state index contributed by atoms with van der Waals surface area (Å²) in [5.74, 6) is -0.476. The summed E-state index contributed by atoms with van der Waals surface area (Å²) in [5, 5.41) is 10.2. The van der Waals surface area contributed by atoms with Gasteiger partial charge in [0.2, 0.25) is 0 Å². The molecule has 1 aromatic heterocycles. The highest BCUT2D eigenvalue weighted by atomic mass is 32.1. The van der Waals surface area contributed by atoms with Crippen LogP contribution in [0.25, 0.3) is 0 Å². The summed E-state index contributed by atoms with van der Waals surface area (Å²) in [5.41, 5.74) is 1.94. The van der Waals surface area contributed by atoms with Gasteiger partial charge in [0.25, 0.3) is 0 Å². The van der Waals surface area contributed by atoms with Gasteiger partial charge in [-0.15, -0.1) is 11.3 Å². The smallest absolute Gasteiger partial charge is 0.347 e. The number of carboxylic acid groups (broad SMARTS) is 1. The van der Waals surface area contributed by atoms with Gasteiger partial charge in [-0.2, -0.15) is 0 Å². The van der Waals surface area contributed by atoms with Gasteiger partial charge in [-0.25, -0.2) is 9.78 Å². The molecule has 0 unspecified atom stereocenters. The van der Waals surface area contributed by atoms with E-state index < -0.39 is 5.97 Å². The SMILES string of the molecule is CCN(Cc1nc(C2CC2)c(C(=O)O)s1)c1ccccc1. The Morgan fingerprint density at radius 3 is 2.67 bits per heavy atom. The molecule has 5 heteroatoms. The van der Waals surface area contributed by atoms with Crippen molar-refractivity contribution in [2.75, 3.05) is 11.4 Å². The molecule has 0 aliphatic heterocycles. The zero-order valence-electron chi connectivity index (χ0n) is 12.0. The van der Waals surface area contributed by atoms with Crippen LogP contribution in [0.2, 0.25) is 0 Å². The monoisotopic (exact) mass is 302 g/mol. The normalized spacial score (nSPS) is 14.1. The Bertz CT molecular complexity index is 635. The van der Waals surface area contributed by atoms with Gasteiger partial charge in [-0.1, -0.05) is 18.2 Å². The molecule has 0 saturated heterocycles. The Balaban J connectivity index is 1.83. The summed E-state index contributed by atoms with van der Waals surface area (Å²) in [6.45, 7) is 3.63. The van der Waals surface area contributed by atoms with Gasteiger partial charge in [-0.3, -0.25) is 0 Å².